The van der Waals surface area contributed by atoms with Crippen LogP contribution in [0.3, 0.4) is 0 Å². The molecule has 7 heteroatoms. The molecule has 128 valence electrons. The van der Waals surface area contributed by atoms with Gasteiger partial charge in [-0.3, -0.25) is 9.59 Å². The van der Waals surface area contributed by atoms with E-state index in [0.717, 1.165) is 0 Å². The molecule has 1 fully saturated rings. The normalized spacial score (nSPS) is 16.2. The summed E-state index contributed by atoms with van der Waals surface area (Å²) < 4.78 is 24.2. The number of fused-ring (bicyclic) bond motifs is 1. The minimum absolute atomic E-state index is 0.0645. The van der Waals surface area contributed by atoms with E-state index in [9.17, 15) is 14.0 Å². The van der Waals surface area contributed by atoms with Crippen LogP contribution in [-0.2, 0) is 9.59 Å². The minimum Gasteiger partial charge on any atom is -0.454 e. The molecule has 0 saturated heterocycles. The highest BCUT2D eigenvalue weighted by Gasteiger charge is 2.56. The fourth-order valence-electron chi connectivity index (χ4n) is 2.71. The van der Waals surface area contributed by atoms with Crippen molar-refractivity contribution in [3.8, 4) is 11.5 Å². The van der Waals surface area contributed by atoms with Crippen LogP contribution < -0.4 is 20.1 Å². The molecule has 2 aliphatic rings. The molecule has 2 amide bonds. The molecule has 1 saturated carbocycles. The van der Waals surface area contributed by atoms with E-state index in [1.807, 2.05) is 0 Å². The zero-order valence-electron chi connectivity index (χ0n) is 13.2. The maximum absolute atomic E-state index is 13.7. The van der Waals surface area contributed by atoms with Crippen LogP contribution in [0.2, 0.25) is 0 Å². The Bertz CT molecular complexity index is 864. The second kappa shape index (κ2) is 5.77. The summed E-state index contributed by atoms with van der Waals surface area (Å²) >= 11 is 0. The van der Waals surface area contributed by atoms with Gasteiger partial charge in [0.05, 0.1) is 5.69 Å². The Labute approximate surface area is 142 Å². The number of carbonyl (C=O) groups excluding carboxylic acids is 2. The third kappa shape index (κ3) is 2.77. The zero-order valence-corrected chi connectivity index (χ0v) is 13.2. The van der Waals surface area contributed by atoms with Gasteiger partial charge >= 0.3 is 0 Å². The smallest absolute Gasteiger partial charge is 0.240 e. The number of benzene rings is 2. The number of carbonyl (C=O) groups is 2. The third-order valence-electron chi connectivity index (χ3n) is 4.37. The fourth-order valence-corrected chi connectivity index (χ4v) is 2.71. The summed E-state index contributed by atoms with van der Waals surface area (Å²) in [5, 5.41) is 5.23. The van der Waals surface area contributed by atoms with Crippen LogP contribution in [0.25, 0.3) is 0 Å². The van der Waals surface area contributed by atoms with Crippen molar-refractivity contribution >= 4 is 23.2 Å². The lowest BCUT2D eigenvalue weighted by Crippen LogP contribution is -2.35. The van der Waals surface area contributed by atoms with E-state index in [1.54, 1.807) is 24.3 Å². The van der Waals surface area contributed by atoms with E-state index in [2.05, 4.69) is 10.6 Å². The van der Waals surface area contributed by atoms with E-state index in [-0.39, 0.29) is 12.5 Å². The molecule has 0 spiro atoms. The highest BCUT2D eigenvalue weighted by molar-refractivity contribution is 6.17. The third-order valence-corrected chi connectivity index (χ3v) is 4.37. The van der Waals surface area contributed by atoms with Gasteiger partial charge in [0.1, 0.15) is 11.2 Å². The number of ether oxygens (including phenoxy) is 2. The topological polar surface area (TPSA) is 76.7 Å². The van der Waals surface area contributed by atoms with E-state index in [0.29, 0.717) is 30.0 Å². The molecular formula is C18H15FN2O4. The van der Waals surface area contributed by atoms with Crippen LogP contribution in [0.4, 0.5) is 15.8 Å². The van der Waals surface area contributed by atoms with Gasteiger partial charge in [-0.05, 0) is 37.1 Å². The van der Waals surface area contributed by atoms with Crippen molar-refractivity contribution < 1.29 is 23.5 Å². The van der Waals surface area contributed by atoms with Crippen molar-refractivity contribution in [2.24, 2.45) is 5.41 Å². The van der Waals surface area contributed by atoms with Crippen LogP contribution in [0.5, 0.6) is 11.5 Å². The first kappa shape index (κ1) is 15.4. The molecule has 2 aromatic rings. The molecule has 0 bridgehead atoms. The van der Waals surface area contributed by atoms with Gasteiger partial charge in [-0.15, -0.1) is 0 Å². The van der Waals surface area contributed by atoms with Crippen LogP contribution in [-0.4, -0.2) is 18.6 Å². The van der Waals surface area contributed by atoms with Crippen LogP contribution >= 0.6 is 0 Å². The molecule has 25 heavy (non-hydrogen) atoms. The molecule has 0 aromatic heterocycles. The molecule has 1 aliphatic heterocycles. The lowest BCUT2D eigenvalue weighted by atomic mass is 10.0. The summed E-state index contributed by atoms with van der Waals surface area (Å²) in [5.74, 6) is -0.311. The second-order valence-electron chi connectivity index (χ2n) is 6.04. The Kier molecular flexibility index (Phi) is 3.56. The number of hydrogen-bond acceptors (Lipinski definition) is 4. The van der Waals surface area contributed by atoms with Crippen molar-refractivity contribution in [3.63, 3.8) is 0 Å². The van der Waals surface area contributed by atoms with Crippen LogP contribution in [0, 0.1) is 11.2 Å². The lowest BCUT2D eigenvalue weighted by Gasteiger charge is -2.16. The molecule has 0 radical (unpaired) electrons. The maximum Gasteiger partial charge on any atom is 0.240 e. The highest BCUT2D eigenvalue weighted by atomic mass is 19.1. The molecule has 2 N–H and O–H groups in total. The fraction of sp³-hybridized carbons (Fsp3) is 0.222. The summed E-state index contributed by atoms with van der Waals surface area (Å²) in [7, 11) is 0. The predicted octanol–water partition coefficient (Wildman–Crippen LogP) is 2.91. The van der Waals surface area contributed by atoms with Crippen molar-refractivity contribution in [1.82, 2.24) is 0 Å². The van der Waals surface area contributed by atoms with Gasteiger partial charge in [0, 0.05) is 11.8 Å². The zero-order chi connectivity index (χ0) is 17.4. The average molecular weight is 342 g/mol. The number of para-hydroxylation sites is 1. The van der Waals surface area contributed by atoms with Gasteiger partial charge in [-0.2, -0.15) is 0 Å². The number of anilines is 2. The van der Waals surface area contributed by atoms with E-state index >= 15 is 0 Å². The molecule has 2 aromatic carbocycles. The van der Waals surface area contributed by atoms with E-state index in [4.69, 9.17) is 9.47 Å². The summed E-state index contributed by atoms with van der Waals surface area (Å²) in [6.45, 7) is 0.141. The first-order chi connectivity index (χ1) is 12.1. The molecular weight excluding hydrogens is 327 g/mol. The van der Waals surface area contributed by atoms with Gasteiger partial charge in [-0.1, -0.05) is 12.1 Å². The first-order valence-corrected chi connectivity index (χ1v) is 7.86. The Morgan fingerprint density at radius 1 is 0.960 bits per heavy atom. The summed E-state index contributed by atoms with van der Waals surface area (Å²) in [4.78, 5) is 25.1. The number of nitrogens with one attached hydrogen (secondary N) is 2. The van der Waals surface area contributed by atoms with Crippen molar-refractivity contribution in [3.05, 3.63) is 48.3 Å². The van der Waals surface area contributed by atoms with Crippen molar-refractivity contribution in [2.75, 3.05) is 17.4 Å². The van der Waals surface area contributed by atoms with Gasteiger partial charge < -0.3 is 20.1 Å². The molecule has 0 atom stereocenters. The molecule has 0 unspecified atom stereocenters. The average Bonchev–Trinajstić information content (AvgIpc) is 3.29. The molecule has 4 rings (SSSR count). The molecule has 1 heterocycles. The van der Waals surface area contributed by atoms with Crippen molar-refractivity contribution in [2.45, 2.75) is 12.8 Å². The Balaban J connectivity index is 1.47. The van der Waals surface area contributed by atoms with Gasteiger partial charge in [-0.25, -0.2) is 4.39 Å². The predicted molar refractivity (Wildman–Crippen MR) is 87.9 cm³/mol. The lowest BCUT2D eigenvalue weighted by molar-refractivity contribution is -0.131. The monoisotopic (exact) mass is 342 g/mol. The standard InChI is InChI=1S/C18H15FN2O4/c19-12-3-1-2-4-13(12)21-17(23)18(7-8-18)16(22)20-11-5-6-14-15(9-11)25-10-24-14/h1-6,9H,7-8,10H2,(H,20,22)(H,21,23). The quantitative estimate of drug-likeness (QED) is 0.838. The second-order valence-corrected chi connectivity index (χ2v) is 6.04. The Hall–Kier alpha value is -3.09. The van der Waals surface area contributed by atoms with E-state index in [1.165, 1.54) is 18.2 Å². The molecule has 1 aliphatic carbocycles. The SMILES string of the molecule is O=C(Nc1ccc2c(c1)OCO2)C1(C(=O)Nc2ccccc2F)CC1. The van der Waals surface area contributed by atoms with Crippen molar-refractivity contribution in [1.29, 1.82) is 0 Å². The van der Waals surface area contributed by atoms with Gasteiger partial charge in [0.15, 0.2) is 11.5 Å². The van der Waals surface area contributed by atoms with Crippen LogP contribution in [0.15, 0.2) is 42.5 Å². The number of hydrogen-bond donors (Lipinski definition) is 2. The Morgan fingerprint density at radius 3 is 2.44 bits per heavy atom. The van der Waals surface area contributed by atoms with Crippen LogP contribution in [0.1, 0.15) is 12.8 Å². The number of rotatable bonds is 4. The number of amides is 2. The minimum atomic E-state index is -1.17. The summed E-state index contributed by atoms with van der Waals surface area (Å²) in [6, 6.07) is 10.9. The number of halogens is 1. The maximum atomic E-state index is 13.7. The van der Waals surface area contributed by atoms with Gasteiger partial charge in [0.2, 0.25) is 18.6 Å². The Morgan fingerprint density at radius 2 is 1.68 bits per heavy atom. The summed E-state index contributed by atoms with van der Waals surface area (Å²) in [5.41, 5.74) is -0.590. The highest BCUT2D eigenvalue weighted by Crippen LogP contribution is 2.48. The van der Waals surface area contributed by atoms with Gasteiger partial charge in [0.25, 0.3) is 0 Å². The largest absolute Gasteiger partial charge is 0.454 e. The summed E-state index contributed by atoms with van der Waals surface area (Å²) in [6.07, 6.45) is 0.841. The first-order valence-electron chi connectivity index (χ1n) is 7.86. The molecule has 6 nitrogen and oxygen atoms in total. The van der Waals surface area contributed by atoms with E-state index < -0.39 is 23.0 Å².